The second-order valence-electron chi connectivity index (χ2n) is 7.43. The summed E-state index contributed by atoms with van der Waals surface area (Å²) in [7, 11) is 1.71. The maximum absolute atomic E-state index is 14.1. The SMILES string of the molecule is CC(c1ccccc1F)N1CCCC(NC(=O)N(C)CC2=CCCOC2)C1=O. The summed E-state index contributed by atoms with van der Waals surface area (Å²) < 4.78 is 19.5. The zero-order valence-electron chi connectivity index (χ0n) is 16.5. The van der Waals surface area contributed by atoms with E-state index in [9.17, 15) is 14.0 Å². The van der Waals surface area contributed by atoms with Gasteiger partial charge >= 0.3 is 6.03 Å². The molecule has 1 saturated heterocycles. The Bertz CT molecular complexity index is 752. The van der Waals surface area contributed by atoms with Crippen LogP contribution in [0.15, 0.2) is 35.9 Å². The lowest BCUT2D eigenvalue weighted by Crippen LogP contribution is -2.55. The molecule has 152 valence electrons. The second kappa shape index (κ2) is 9.19. The molecule has 2 unspecified atom stereocenters. The zero-order valence-corrected chi connectivity index (χ0v) is 16.5. The van der Waals surface area contributed by atoms with Gasteiger partial charge in [-0.1, -0.05) is 24.3 Å². The van der Waals surface area contributed by atoms with Gasteiger partial charge in [0.05, 0.1) is 19.3 Å². The van der Waals surface area contributed by atoms with E-state index in [1.165, 1.54) is 6.07 Å². The number of carbonyl (C=O) groups excluding carboxylic acids is 2. The van der Waals surface area contributed by atoms with Crippen LogP contribution in [0.3, 0.4) is 0 Å². The number of benzene rings is 1. The van der Waals surface area contributed by atoms with Crippen LogP contribution in [0.4, 0.5) is 9.18 Å². The van der Waals surface area contributed by atoms with Crippen LogP contribution < -0.4 is 5.32 Å². The first-order chi connectivity index (χ1) is 13.5. The van der Waals surface area contributed by atoms with Crippen LogP contribution in [0.2, 0.25) is 0 Å². The fourth-order valence-corrected chi connectivity index (χ4v) is 3.75. The monoisotopic (exact) mass is 389 g/mol. The third-order valence-corrected chi connectivity index (χ3v) is 5.36. The standard InChI is InChI=1S/C21H28FN3O3/c1-15(17-8-3-4-9-18(17)22)25-11-5-10-19(20(25)26)23-21(27)24(2)13-16-7-6-12-28-14-16/h3-4,7-9,15,19H,5-6,10-14H2,1-2H3,(H,23,27). The van der Waals surface area contributed by atoms with E-state index in [-0.39, 0.29) is 23.8 Å². The molecule has 3 amide bonds. The van der Waals surface area contributed by atoms with Crippen molar-refractivity contribution in [2.24, 2.45) is 0 Å². The molecular formula is C21H28FN3O3. The summed E-state index contributed by atoms with van der Waals surface area (Å²) in [4.78, 5) is 28.7. The number of likely N-dealkylation sites (tertiary alicyclic amines) is 1. The van der Waals surface area contributed by atoms with E-state index in [4.69, 9.17) is 4.74 Å². The lowest BCUT2D eigenvalue weighted by atomic mass is 9.99. The molecule has 0 radical (unpaired) electrons. The number of urea groups is 1. The number of carbonyl (C=O) groups is 2. The summed E-state index contributed by atoms with van der Waals surface area (Å²) in [6.45, 7) is 4.10. The molecular weight excluding hydrogens is 361 g/mol. The molecule has 7 heteroatoms. The number of nitrogens with zero attached hydrogens (tertiary/aromatic N) is 2. The molecule has 2 atom stereocenters. The van der Waals surface area contributed by atoms with E-state index in [0.29, 0.717) is 38.3 Å². The van der Waals surface area contributed by atoms with Crippen LogP contribution in [0.1, 0.15) is 37.8 Å². The minimum Gasteiger partial charge on any atom is -0.377 e. The fraction of sp³-hybridized carbons (Fsp3) is 0.524. The molecule has 1 aromatic rings. The van der Waals surface area contributed by atoms with Gasteiger partial charge in [-0.25, -0.2) is 9.18 Å². The number of hydrogen-bond acceptors (Lipinski definition) is 3. The molecule has 0 saturated carbocycles. The number of amides is 3. The first-order valence-corrected chi connectivity index (χ1v) is 9.79. The Labute approximate surface area is 165 Å². The van der Waals surface area contributed by atoms with Crippen LogP contribution in [0.5, 0.6) is 0 Å². The van der Waals surface area contributed by atoms with Gasteiger partial charge in [0.15, 0.2) is 0 Å². The maximum atomic E-state index is 14.1. The summed E-state index contributed by atoms with van der Waals surface area (Å²) in [5, 5.41) is 2.84. The van der Waals surface area contributed by atoms with Crippen LogP contribution in [-0.2, 0) is 9.53 Å². The Morgan fingerprint density at radius 3 is 2.93 bits per heavy atom. The highest BCUT2D eigenvalue weighted by Crippen LogP contribution is 2.27. The van der Waals surface area contributed by atoms with Crippen molar-refractivity contribution in [1.29, 1.82) is 0 Å². The largest absolute Gasteiger partial charge is 0.377 e. The molecule has 0 aromatic heterocycles. The molecule has 2 aliphatic heterocycles. The van der Waals surface area contributed by atoms with E-state index >= 15 is 0 Å². The van der Waals surface area contributed by atoms with Crippen molar-refractivity contribution in [1.82, 2.24) is 15.1 Å². The van der Waals surface area contributed by atoms with E-state index < -0.39 is 6.04 Å². The zero-order chi connectivity index (χ0) is 20.1. The van der Waals surface area contributed by atoms with Crippen molar-refractivity contribution in [2.75, 3.05) is 33.4 Å². The minimum absolute atomic E-state index is 0.163. The molecule has 28 heavy (non-hydrogen) atoms. The summed E-state index contributed by atoms with van der Waals surface area (Å²) in [6.07, 6.45) is 4.30. The van der Waals surface area contributed by atoms with Crippen molar-refractivity contribution >= 4 is 11.9 Å². The van der Waals surface area contributed by atoms with E-state index in [1.807, 2.05) is 6.92 Å². The predicted octanol–water partition coefficient (Wildman–Crippen LogP) is 2.87. The highest BCUT2D eigenvalue weighted by atomic mass is 19.1. The molecule has 1 N–H and O–H groups in total. The summed E-state index contributed by atoms with van der Waals surface area (Å²) >= 11 is 0. The number of hydrogen-bond donors (Lipinski definition) is 1. The van der Waals surface area contributed by atoms with Crippen molar-refractivity contribution in [2.45, 2.75) is 38.3 Å². The first kappa shape index (κ1) is 20.3. The second-order valence-corrected chi connectivity index (χ2v) is 7.43. The molecule has 0 bridgehead atoms. The highest BCUT2D eigenvalue weighted by molar-refractivity contribution is 5.88. The number of rotatable bonds is 5. The van der Waals surface area contributed by atoms with Crippen molar-refractivity contribution in [3.05, 3.63) is 47.3 Å². The Kier molecular flexibility index (Phi) is 6.67. The molecule has 3 rings (SSSR count). The van der Waals surface area contributed by atoms with Crippen LogP contribution in [0, 0.1) is 5.82 Å². The van der Waals surface area contributed by atoms with E-state index in [2.05, 4.69) is 11.4 Å². The number of piperidine rings is 1. The molecule has 2 heterocycles. The molecule has 1 fully saturated rings. The Morgan fingerprint density at radius 2 is 2.21 bits per heavy atom. The molecule has 2 aliphatic rings. The van der Waals surface area contributed by atoms with Crippen molar-refractivity contribution < 1.29 is 18.7 Å². The average molecular weight is 389 g/mol. The van der Waals surface area contributed by atoms with Gasteiger partial charge in [0.2, 0.25) is 5.91 Å². The van der Waals surface area contributed by atoms with Gasteiger partial charge in [0, 0.05) is 25.7 Å². The number of nitrogens with one attached hydrogen (secondary N) is 1. The Balaban J connectivity index is 1.61. The average Bonchev–Trinajstić information content (AvgIpc) is 2.70. The molecule has 0 spiro atoms. The van der Waals surface area contributed by atoms with E-state index in [0.717, 1.165) is 18.4 Å². The normalized spacial score (nSPS) is 21.1. The van der Waals surface area contributed by atoms with Gasteiger partial charge in [-0.15, -0.1) is 0 Å². The smallest absolute Gasteiger partial charge is 0.318 e. The fourth-order valence-electron chi connectivity index (χ4n) is 3.75. The quantitative estimate of drug-likeness (QED) is 0.788. The van der Waals surface area contributed by atoms with Crippen LogP contribution in [0.25, 0.3) is 0 Å². The maximum Gasteiger partial charge on any atom is 0.318 e. The third-order valence-electron chi connectivity index (χ3n) is 5.36. The molecule has 1 aromatic carbocycles. The van der Waals surface area contributed by atoms with Crippen molar-refractivity contribution in [3.63, 3.8) is 0 Å². The topological polar surface area (TPSA) is 61.9 Å². The number of halogens is 1. The molecule has 0 aliphatic carbocycles. The van der Waals surface area contributed by atoms with Gasteiger partial charge < -0.3 is 19.9 Å². The lowest BCUT2D eigenvalue weighted by Gasteiger charge is -2.37. The lowest BCUT2D eigenvalue weighted by molar-refractivity contribution is -0.138. The number of likely N-dealkylation sites (N-methyl/N-ethyl adjacent to an activating group) is 1. The first-order valence-electron chi connectivity index (χ1n) is 9.79. The summed E-state index contributed by atoms with van der Waals surface area (Å²) in [5.41, 5.74) is 1.55. The van der Waals surface area contributed by atoms with Crippen molar-refractivity contribution in [3.8, 4) is 0 Å². The highest BCUT2D eigenvalue weighted by Gasteiger charge is 2.34. The van der Waals surface area contributed by atoms with Gasteiger partial charge in [0.1, 0.15) is 11.9 Å². The molecule has 6 nitrogen and oxygen atoms in total. The van der Waals surface area contributed by atoms with Gasteiger partial charge in [-0.05, 0) is 37.8 Å². The van der Waals surface area contributed by atoms with Gasteiger partial charge in [-0.3, -0.25) is 4.79 Å². The predicted molar refractivity (Wildman–Crippen MR) is 104 cm³/mol. The summed E-state index contributed by atoms with van der Waals surface area (Å²) in [5.74, 6) is -0.486. The summed E-state index contributed by atoms with van der Waals surface area (Å²) in [6, 6.07) is 5.24. The van der Waals surface area contributed by atoms with Gasteiger partial charge in [0.25, 0.3) is 0 Å². The van der Waals surface area contributed by atoms with E-state index in [1.54, 1.807) is 35.0 Å². The minimum atomic E-state index is -0.588. The Hall–Kier alpha value is -2.41. The number of ether oxygens (including phenoxy) is 1. The van der Waals surface area contributed by atoms with Crippen LogP contribution >= 0.6 is 0 Å². The van der Waals surface area contributed by atoms with Crippen LogP contribution in [-0.4, -0.2) is 61.1 Å². The Morgan fingerprint density at radius 1 is 1.43 bits per heavy atom. The third kappa shape index (κ3) is 4.70. The van der Waals surface area contributed by atoms with Gasteiger partial charge in [-0.2, -0.15) is 0 Å².